The van der Waals surface area contributed by atoms with Gasteiger partial charge in [0.2, 0.25) is 5.91 Å². The molecule has 2 unspecified atom stereocenters. The third-order valence-electron chi connectivity index (χ3n) is 6.32. The highest BCUT2D eigenvalue weighted by Gasteiger charge is 2.32. The summed E-state index contributed by atoms with van der Waals surface area (Å²) in [5.74, 6) is 2.09. The molecule has 5 nitrogen and oxygen atoms in total. The van der Waals surface area contributed by atoms with E-state index in [1.54, 1.807) is 0 Å². The van der Waals surface area contributed by atoms with Gasteiger partial charge in [0.05, 0.1) is 0 Å². The van der Waals surface area contributed by atoms with E-state index in [9.17, 15) is 4.79 Å². The molecular formula is C22H33IN4O. The Morgan fingerprint density at radius 2 is 2.00 bits per heavy atom. The van der Waals surface area contributed by atoms with E-state index in [1.807, 2.05) is 0 Å². The van der Waals surface area contributed by atoms with Crippen LogP contribution in [0.15, 0.2) is 29.3 Å². The lowest BCUT2D eigenvalue weighted by Crippen LogP contribution is -2.45. The van der Waals surface area contributed by atoms with E-state index in [4.69, 9.17) is 4.99 Å². The lowest BCUT2D eigenvalue weighted by atomic mass is 9.78. The van der Waals surface area contributed by atoms with Crippen molar-refractivity contribution in [2.45, 2.75) is 57.4 Å². The minimum atomic E-state index is 0. The van der Waals surface area contributed by atoms with Crippen molar-refractivity contribution in [2.75, 3.05) is 26.2 Å². The number of fused-ring (bicyclic) bond motifs is 1. The van der Waals surface area contributed by atoms with Crippen molar-refractivity contribution >= 4 is 35.8 Å². The summed E-state index contributed by atoms with van der Waals surface area (Å²) in [6, 6.07) is 8.98. The Morgan fingerprint density at radius 3 is 2.75 bits per heavy atom. The SMILES string of the molecule is CCNC(=NCC1Cc2ccccc21)NC1CCN(C(=O)C2CCCC2)C1.I. The fraction of sp³-hybridized carbons (Fsp3) is 0.636. The van der Waals surface area contributed by atoms with Gasteiger partial charge >= 0.3 is 0 Å². The quantitative estimate of drug-likeness (QED) is 0.374. The molecular weight excluding hydrogens is 463 g/mol. The Morgan fingerprint density at radius 1 is 1.21 bits per heavy atom. The molecule has 1 amide bonds. The molecule has 1 aromatic rings. The number of halogens is 1. The molecule has 0 aromatic heterocycles. The number of carbonyl (C=O) groups is 1. The second kappa shape index (κ2) is 9.94. The zero-order valence-electron chi connectivity index (χ0n) is 16.8. The Balaban J connectivity index is 0.00000225. The summed E-state index contributed by atoms with van der Waals surface area (Å²) >= 11 is 0. The van der Waals surface area contributed by atoms with E-state index in [-0.39, 0.29) is 29.9 Å². The molecule has 1 aromatic carbocycles. The first kappa shape index (κ1) is 21.4. The minimum Gasteiger partial charge on any atom is -0.357 e. The fourth-order valence-corrected chi connectivity index (χ4v) is 4.75. The summed E-state index contributed by atoms with van der Waals surface area (Å²) in [6.07, 6.45) is 6.74. The van der Waals surface area contributed by atoms with Crippen LogP contribution in [0, 0.1) is 5.92 Å². The summed E-state index contributed by atoms with van der Waals surface area (Å²) in [5.41, 5.74) is 2.92. The van der Waals surface area contributed by atoms with Crippen molar-refractivity contribution in [3.63, 3.8) is 0 Å². The topological polar surface area (TPSA) is 56.7 Å². The second-order valence-electron chi connectivity index (χ2n) is 8.22. The number of amides is 1. The van der Waals surface area contributed by atoms with Crippen LogP contribution < -0.4 is 10.6 Å². The first-order chi connectivity index (χ1) is 13.2. The van der Waals surface area contributed by atoms with Crippen molar-refractivity contribution < 1.29 is 4.79 Å². The molecule has 0 bridgehead atoms. The molecule has 2 fully saturated rings. The lowest BCUT2D eigenvalue weighted by molar-refractivity contribution is -0.134. The highest BCUT2D eigenvalue weighted by molar-refractivity contribution is 14.0. The number of carbonyl (C=O) groups excluding carboxylic acids is 1. The molecule has 154 valence electrons. The van der Waals surface area contributed by atoms with Crippen molar-refractivity contribution in [2.24, 2.45) is 10.9 Å². The fourth-order valence-electron chi connectivity index (χ4n) is 4.75. The molecule has 2 aliphatic carbocycles. The van der Waals surface area contributed by atoms with Gasteiger partial charge in [-0.05, 0) is 43.7 Å². The molecule has 3 aliphatic rings. The molecule has 0 radical (unpaired) electrons. The van der Waals surface area contributed by atoms with Crippen LogP contribution >= 0.6 is 24.0 Å². The van der Waals surface area contributed by atoms with Crippen molar-refractivity contribution in [1.82, 2.24) is 15.5 Å². The first-order valence-corrected chi connectivity index (χ1v) is 10.7. The van der Waals surface area contributed by atoms with E-state index in [0.29, 0.717) is 17.9 Å². The maximum Gasteiger partial charge on any atom is 0.225 e. The van der Waals surface area contributed by atoms with E-state index in [2.05, 4.69) is 46.7 Å². The molecule has 2 atom stereocenters. The molecule has 6 heteroatoms. The Labute approximate surface area is 185 Å². The number of guanidine groups is 1. The van der Waals surface area contributed by atoms with Gasteiger partial charge in [0.1, 0.15) is 0 Å². The molecule has 4 rings (SSSR count). The van der Waals surface area contributed by atoms with Crippen LogP contribution in [0.1, 0.15) is 56.1 Å². The number of benzene rings is 1. The maximum absolute atomic E-state index is 12.6. The highest BCUT2D eigenvalue weighted by Crippen LogP contribution is 2.34. The van der Waals surface area contributed by atoms with E-state index < -0.39 is 0 Å². The van der Waals surface area contributed by atoms with E-state index >= 15 is 0 Å². The van der Waals surface area contributed by atoms with Gasteiger partial charge in [-0.2, -0.15) is 0 Å². The van der Waals surface area contributed by atoms with Crippen molar-refractivity contribution in [3.05, 3.63) is 35.4 Å². The summed E-state index contributed by atoms with van der Waals surface area (Å²) < 4.78 is 0. The van der Waals surface area contributed by atoms with Crippen LogP contribution in [0.25, 0.3) is 0 Å². The summed E-state index contributed by atoms with van der Waals surface area (Å²) in [7, 11) is 0. The summed E-state index contributed by atoms with van der Waals surface area (Å²) in [4.78, 5) is 19.5. The third-order valence-corrected chi connectivity index (χ3v) is 6.32. The molecule has 2 N–H and O–H groups in total. The number of rotatable bonds is 5. The van der Waals surface area contributed by atoms with Crippen molar-refractivity contribution in [3.8, 4) is 0 Å². The number of aliphatic imine (C=N–C) groups is 1. The summed E-state index contributed by atoms with van der Waals surface area (Å²) in [6.45, 7) is 5.46. The van der Waals surface area contributed by atoms with Crippen LogP contribution in [0.4, 0.5) is 0 Å². The van der Waals surface area contributed by atoms with Gasteiger partial charge in [-0.15, -0.1) is 24.0 Å². The first-order valence-electron chi connectivity index (χ1n) is 10.7. The zero-order chi connectivity index (χ0) is 18.6. The van der Waals surface area contributed by atoms with Crippen LogP contribution in [0.2, 0.25) is 0 Å². The molecule has 1 aliphatic heterocycles. The average Bonchev–Trinajstić information content (AvgIpc) is 3.34. The number of hydrogen-bond donors (Lipinski definition) is 2. The molecule has 28 heavy (non-hydrogen) atoms. The highest BCUT2D eigenvalue weighted by atomic mass is 127. The molecule has 1 saturated carbocycles. The third kappa shape index (κ3) is 4.81. The largest absolute Gasteiger partial charge is 0.357 e. The molecule has 1 heterocycles. The molecule has 1 saturated heterocycles. The van der Waals surface area contributed by atoms with Gasteiger partial charge < -0.3 is 15.5 Å². The number of nitrogens with one attached hydrogen (secondary N) is 2. The van der Waals surface area contributed by atoms with Gasteiger partial charge in [0.15, 0.2) is 5.96 Å². The predicted octanol–water partition coefficient (Wildman–Crippen LogP) is 3.29. The zero-order valence-corrected chi connectivity index (χ0v) is 19.2. The van der Waals surface area contributed by atoms with E-state index in [1.165, 1.54) is 24.0 Å². The second-order valence-corrected chi connectivity index (χ2v) is 8.22. The monoisotopic (exact) mass is 496 g/mol. The number of likely N-dealkylation sites (tertiary alicyclic amines) is 1. The minimum absolute atomic E-state index is 0. The van der Waals surface area contributed by atoms with Crippen LogP contribution in [0.5, 0.6) is 0 Å². The predicted molar refractivity (Wildman–Crippen MR) is 124 cm³/mol. The summed E-state index contributed by atoms with van der Waals surface area (Å²) in [5, 5.41) is 6.94. The average molecular weight is 496 g/mol. The van der Waals surface area contributed by atoms with Gasteiger partial charge in [-0.3, -0.25) is 9.79 Å². The van der Waals surface area contributed by atoms with Crippen LogP contribution in [-0.2, 0) is 11.2 Å². The Hall–Kier alpha value is -1.31. The van der Waals surface area contributed by atoms with Gasteiger partial charge in [-0.1, -0.05) is 37.1 Å². The number of hydrogen-bond acceptors (Lipinski definition) is 2. The van der Waals surface area contributed by atoms with E-state index in [0.717, 1.165) is 57.8 Å². The standard InChI is InChI=1S/C22H32N4O.HI/c1-2-23-22(24-14-18-13-17-9-5-6-10-20(17)18)25-19-11-12-26(15-19)21(27)16-7-3-4-8-16;/h5-6,9-10,16,18-19H,2-4,7-8,11-15H2,1H3,(H2,23,24,25);1H. The van der Waals surface area contributed by atoms with Gasteiger partial charge in [0.25, 0.3) is 0 Å². The normalized spacial score (nSPS) is 24.3. The smallest absolute Gasteiger partial charge is 0.225 e. The van der Waals surface area contributed by atoms with Gasteiger partial charge in [-0.25, -0.2) is 0 Å². The van der Waals surface area contributed by atoms with Crippen molar-refractivity contribution in [1.29, 1.82) is 0 Å². The maximum atomic E-state index is 12.6. The lowest BCUT2D eigenvalue weighted by Gasteiger charge is -2.29. The van der Waals surface area contributed by atoms with Gasteiger partial charge in [0, 0.05) is 44.1 Å². The molecule has 0 spiro atoms. The Bertz CT molecular complexity index is 702. The Kier molecular flexibility index (Phi) is 7.60. The van der Waals surface area contributed by atoms with Crippen LogP contribution in [0.3, 0.4) is 0 Å². The van der Waals surface area contributed by atoms with Crippen LogP contribution in [-0.4, -0.2) is 49.0 Å². The number of nitrogens with zero attached hydrogens (tertiary/aromatic N) is 2.